The van der Waals surface area contributed by atoms with E-state index in [9.17, 15) is 19.8 Å². The van der Waals surface area contributed by atoms with E-state index in [0.717, 1.165) is 0 Å². The molecule has 1 heterocycles. The summed E-state index contributed by atoms with van der Waals surface area (Å²) in [6, 6.07) is 4.22. The molecule has 1 aromatic rings. The molecule has 0 fully saturated rings. The van der Waals surface area contributed by atoms with E-state index in [1.807, 2.05) is 0 Å². The van der Waals surface area contributed by atoms with Crippen LogP contribution in [0.3, 0.4) is 0 Å². The lowest BCUT2D eigenvalue weighted by atomic mass is 10.1. The Morgan fingerprint density at radius 1 is 1.37 bits per heavy atom. The van der Waals surface area contributed by atoms with Crippen molar-refractivity contribution in [2.24, 2.45) is 0 Å². The summed E-state index contributed by atoms with van der Waals surface area (Å²) < 4.78 is 9.06. The molecule has 0 aliphatic heterocycles. The average Bonchev–Trinajstić information content (AvgIpc) is 2.45. The normalized spacial score (nSPS) is 13.5. The Bertz CT molecular complexity index is 461. The van der Waals surface area contributed by atoms with Crippen LogP contribution in [0.25, 0.3) is 0 Å². The molecule has 0 bridgehead atoms. The van der Waals surface area contributed by atoms with E-state index < -0.39 is 24.1 Å². The molecule has 0 saturated carbocycles. The summed E-state index contributed by atoms with van der Waals surface area (Å²) in [5.74, 6) is -1.64. The number of carbonyl (C=O) groups excluding carboxylic acids is 2. The van der Waals surface area contributed by atoms with Crippen molar-refractivity contribution in [2.45, 2.75) is 19.1 Å². The van der Waals surface area contributed by atoms with Crippen molar-refractivity contribution in [1.82, 2.24) is 4.98 Å². The van der Waals surface area contributed by atoms with Crippen LogP contribution in [0.4, 0.5) is 0 Å². The van der Waals surface area contributed by atoms with Gasteiger partial charge in [0.05, 0.1) is 19.4 Å². The Kier molecular flexibility index (Phi) is 5.40. The molecule has 0 amide bonds. The largest absolute Gasteiger partial charge is 0.464 e. The number of ether oxygens (including phenoxy) is 2. The van der Waals surface area contributed by atoms with E-state index in [-0.39, 0.29) is 18.0 Å². The summed E-state index contributed by atoms with van der Waals surface area (Å²) in [7, 11) is 1.20. The highest BCUT2D eigenvalue weighted by Crippen LogP contribution is 2.16. The zero-order valence-corrected chi connectivity index (χ0v) is 10.6. The zero-order valence-electron chi connectivity index (χ0n) is 10.6. The summed E-state index contributed by atoms with van der Waals surface area (Å²) in [5.41, 5.74) is -0.0569. The van der Waals surface area contributed by atoms with Crippen LogP contribution >= 0.6 is 0 Å². The third-order valence-electron chi connectivity index (χ3n) is 2.30. The number of hydrogen-bond acceptors (Lipinski definition) is 7. The van der Waals surface area contributed by atoms with Crippen LogP contribution in [0.2, 0.25) is 0 Å². The van der Waals surface area contributed by atoms with Gasteiger partial charge in [-0.1, -0.05) is 6.07 Å². The van der Waals surface area contributed by atoms with Gasteiger partial charge in [0, 0.05) is 0 Å². The van der Waals surface area contributed by atoms with Gasteiger partial charge in [0.25, 0.3) is 0 Å². The highest BCUT2D eigenvalue weighted by Gasteiger charge is 2.28. The number of nitrogens with zero attached hydrogens (tertiary/aromatic N) is 1. The van der Waals surface area contributed by atoms with Gasteiger partial charge >= 0.3 is 11.9 Å². The summed E-state index contributed by atoms with van der Waals surface area (Å²) in [6.07, 6.45) is -3.34. The first kappa shape index (κ1) is 15.1. The van der Waals surface area contributed by atoms with Crippen LogP contribution in [0.15, 0.2) is 18.2 Å². The molecule has 0 aromatic carbocycles. The van der Waals surface area contributed by atoms with E-state index >= 15 is 0 Å². The van der Waals surface area contributed by atoms with Gasteiger partial charge in [-0.25, -0.2) is 14.6 Å². The minimum Gasteiger partial charge on any atom is -0.464 e. The standard InChI is InChI=1S/C12H15NO6/c1-3-19-12(17)10(15)9(14)7-5-4-6-8(13-7)11(16)18-2/h4-6,9-10,14-15H,3H2,1-2H3. The topological polar surface area (TPSA) is 106 Å². The summed E-state index contributed by atoms with van der Waals surface area (Å²) in [5, 5.41) is 19.4. The van der Waals surface area contributed by atoms with Crippen molar-refractivity contribution in [3.63, 3.8) is 0 Å². The summed E-state index contributed by atoms with van der Waals surface area (Å²) in [4.78, 5) is 26.4. The van der Waals surface area contributed by atoms with E-state index in [1.165, 1.54) is 25.3 Å². The highest BCUT2D eigenvalue weighted by molar-refractivity contribution is 5.87. The van der Waals surface area contributed by atoms with Gasteiger partial charge in [0.1, 0.15) is 11.8 Å². The average molecular weight is 269 g/mol. The molecular formula is C12H15NO6. The Morgan fingerprint density at radius 2 is 2.05 bits per heavy atom. The molecule has 7 nitrogen and oxygen atoms in total. The number of aliphatic hydroxyl groups excluding tert-OH is 2. The third-order valence-corrected chi connectivity index (χ3v) is 2.30. The molecule has 2 unspecified atom stereocenters. The van der Waals surface area contributed by atoms with Crippen molar-refractivity contribution in [3.05, 3.63) is 29.6 Å². The van der Waals surface area contributed by atoms with Gasteiger partial charge in [0.15, 0.2) is 6.10 Å². The second kappa shape index (κ2) is 6.81. The maximum Gasteiger partial charge on any atom is 0.356 e. The minimum atomic E-state index is -1.76. The molecule has 1 aromatic heterocycles. The molecule has 0 aliphatic rings. The van der Waals surface area contributed by atoms with Crippen molar-refractivity contribution in [1.29, 1.82) is 0 Å². The number of rotatable bonds is 5. The van der Waals surface area contributed by atoms with Gasteiger partial charge < -0.3 is 19.7 Å². The predicted molar refractivity (Wildman–Crippen MR) is 63.2 cm³/mol. The Hall–Kier alpha value is -1.99. The quantitative estimate of drug-likeness (QED) is 0.714. The molecule has 2 N–H and O–H groups in total. The second-order valence-corrected chi connectivity index (χ2v) is 3.58. The van der Waals surface area contributed by atoms with Crippen LogP contribution in [0, 0.1) is 0 Å². The number of carbonyl (C=O) groups is 2. The molecule has 0 radical (unpaired) electrons. The molecule has 1 rings (SSSR count). The second-order valence-electron chi connectivity index (χ2n) is 3.58. The molecule has 2 atom stereocenters. The molecule has 0 spiro atoms. The summed E-state index contributed by atoms with van der Waals surface area (Å²) in [6.45, 7) is 1.66. The van der Waals surface area contributed by atoms with Gasteiger partial charge in [-0.2, -0.15) is 0 Å². The lowest BCUT2D eigenvalue weighted by Gasteiger charge is -2.16. The van der Waals surface area contributed by atoms with Gasteiger partial charge in [-0.05, 0) is 19.1 Å². The van der Waals surface area contributed by atoms with Crippen molar-refractivity contribution >= 4 is 11.9 Å². The van der Waals surface area contributed by atoms with Crippen LogP contribution in [0.5, 0.6) is 0 Å². The number of aliphatic hydroxyl groups is 2. The van der Waals surface area contributed by atoms with Gasteiger partial charge in [-0.3, -0.25) is 0 Å². The third kappa shape index (κ3) is 3.73. The zero-order chi connectivity index (χ0) is 14.4. The van der Waals surface area contributed by atoms with Crippen LogP contribution in [-0.2, 0) is 14.3 Å². The number of methoxy groups -OCH3 is 1. The van der Waals surface area contributed by atoms with Crippen molar-refractivity contribution in [3.8, 4) is 0 Å². The van der Waals surface area contributed by atoms with E-state index in [1.54, 1.807) is 6.92 Å². The van der Waals surface area contributed by atoms with Crippen LogP contribution in [-0.4, -0.2) is 47.0 Å². The highest BCUT2D eigenvalue weighted by atomic mass is 16.5. The Labute approximate surface area is 109 Å². The Morgan fingerprint density at radius 3 is 2.63 bits per heavy atom. The fourth-order valence-electron chi connectivity index (χ4n) is 1.35. The number of esters is 2. The lowest BCUT2D eigenvalue weighted by Crippen LogP contribution is -2.30. The molecular weight excluding hydrogens is 254 g/mol. The van der Waals surface area contributed by atoms with Crippen molar-refractivity contribution in [2.75, 3.05) is 13.7 Å². The predicted octanol–water partition coefficient (Wildman–Crippen LogP) is -0.174. The first-order valence-electron chi connectivity index (χ1n) is 5.59. The Balaban J connectivity index is 2.90. The molecule has 0 aliphatic carbocycles. The monoisotopic (exact) mass is 269 g/mol. The summed E-state index contributed by atoms with van der Waals surface area (Å²) >= 11 is 0. The minimum absolute atomic E-state index is 0.0246. The molecule has 104 valence electrons. The SMILES string of the molecule is CCOC(=O)C(O)C(O)c1cccc(C(=O)OC)n1. The smallest absolute Gasteiger partial charge is 0.356 e. The number of hydrogen-bond donors (Lipinski definition) is 2. The fourth-order valence-corrected chi connectivity index (χ4v) is 1.35. The first-order chi connectivity index (χ1) is 9.01. The van der Waals surface area contributed by atoms with E-state index in [4.69, 9.17) is 0 Å². The first-order valence-corrected chi connectivity index (χ1v) is 5.59. The lowest BCUT2D eigenvalue weighted by molar-refractivity contribution is -0.159. The van der Waals surface area contributed by atoms with Gasteiger partial charge in [-0.15, -0.1) is 0 Å². The molecule has 19 heavy (non-hydrogen) atoms. The van der Waals surface area contributed by atoms with E-state index in [2.05, 4.69) is 14.5 Å². The fraction of sp³-hybridized carbons (Fsp3) is 0.417. The van der Waals surface area contributed by atoms with Crippen molar-refractivity contribution < 1.29 is 29.3 Å². The van der Waals surface area contributed by atoms with E-state index in [0.29, 0.717) is 0 Å². The number of pyridine rings is 1. The van der Waals surface area contributed by atoms with Crippen LogP contribution < -0.4 is 0 Å². The van der Waals surface area contributed by atoms with Gasteiger partial charge in [0.2, 0.25) is 0 Å². The number of aromatic nitrogens is 1. The maximum absolute atomic E-state index is 11.3. The maximum atomic E-state index is 11.3. The molecule has 0 saturated heterocycles. The molecule has 7 heteroatoms. The van der Waals surface area contributed by atoms with Crippen LogP contribution in [0.1, 0.15) is 29.2 Å².